The van der Waals surface area contributed by atoms with Gasteiger partial charge >= 0.3 is 0 Å². The smallest absolute Gasteiger partial charge is 0.262 e. The Kier molecular flexibility index (Phi) is 9.24. The predicted molar refractivity (Wildman–Crippen MR) is 138 cm³/mol. The summed E-state index contributed by atoms with van der Waals surface area (Å²) in [6.45, 7) is 4.15. The normalized spacial score (nSPS) is 11.9. The molecular weight excluding hydrogens is 518 g/mol. The van der Waals surface area contributed by atoms with Gasteiger partial charge in [-0.05, 0) is 65.6 Å². The lowest BCUT2D eigenvalue weighted by Gasteiger charge is -2.20. The second-order valence-electron chi connectivity index (χ2n) is 7.89. The zero-order valence-corrected chi connectivity index (χ0v) is 21.1. The average Bonchev–Trinajstić information content (AvgIpc) is 2.83. The molecule has 0 fully saturated rings. The van der Waals surface area contributed by atoms with Crippen LogP contribution in [0, 0.1) is 5.92 Å². The summed E-state index contributed by atoms with van der Waals surface area (Å²) in [7, 11) is 0. The number of halogens is 2. The molecule has 0 saturated carbocycles. The van der Waals surface area contributed by atoms with Crippen molar-refractivity contribution < 1.29 is 14.3 Å². The minimum atomic E-state index is -0.768. The fourth-order valence-electron chi connectivity index (χ4n) is 3.04. The number of nitrogens with one attached hydrogen (secondary N) is 2. The van der Waals surface area contributed by atoms with Crippen molar-refractivity contribution in [3.63, 3.8) is 0 Å². The number of ether oxygens (including phenoxy) is 1. The summed E-state index contributed by atoms with van der Waals surface area (Å²) in [6.07, 6.45) is 1.53. The largest absolute Gasteiger partial charge is 0.489 e. The minimum absolute atomic E-state index is 0.149. The zero-order valence-electron chi connectivity index (χ0n) is 18.8. The van der Waals surface area contributed by atoms with Crippen LogP contribution in [0.1, 0.15) is 35.3 Å². The van der Waals surface area contributed by atoms with Crippen LogP contribution in [0.3, 0.4) is 0 Å². The van der Waals surface area contributed by atoms with E-state index in [0.717, 1.165) is 21.3 Å². The lowest BCUT2D eigenvalue weighted by atomic mass is 10.0. The summed E-state index contributed by atoms with van der Waals surface area (Å²) in [5.41, 5.74) is 4.67. The van der Waals surface area contributed by atoms with Crippen LogP contribution in [0.4, 0.5) is 0 Å². The summed E-state index contributed by atoms with van der Waals surface area (Å²) < 4.78 is 6.81. The summed E-state index contributed by atoms with van der Waals surface area (Å²) in [6, 6.07) is 21.2. The third-order valence-electron chi connectivity index (χ3n) is 4.94. The number of rotatable bonds is 9. The molecule has 3 aromatic carbocycles. The molecular formula is C26H25BrClN3O3. The second kappa shape index (κ2) is 12.3. The molecule has 0 aromatic heterocycles. The number of hydrogen-bond acceptors (Lipinski definition) is 4. The van der Waals surface area contributed by atoms with Crippen LogP contribution < -0.4 is 15.5 Å². The molecule has 0 spiro atoms. The van der Waals surface area contributed by atoms with Crippen molar-refractivity contribution in [2.75, 3.05) is 0 Å². The summed E-state index contributed by atoms with van der Waals surface area (Å²) in [4.78, 5) is 25.2. The van der Waals surface area contributed by atoms with Gasteiger partial charge in [-0.3, -0.25) is 9.59 Å². The number of nitrogens with zero attached hydrogens (tertiary/aromatic N) is 1. The molecule has 0 radical (unpaired) electrons. The molecule has 0 saturated heterocycles. The van der Waals surface area contributed by atoms with Crippen molar-refractivity contribution in [2.24, 2.45) is 11.0 Å². The van der Waals surface area contributed by atoms with Crippen LogP contribution in [0.15, 0.2) is 82.4 Å². The number of hydrazone groups is 1. The van der Waals surface area contributed by atoms with Gasteiger partial charge in [-0.25, -0.2) is 5.43 Å². The summed E-state index contributed by atoms with van der Waals surface area (Å²) >= 11 is 9.50. The van der Waals surface area contributed by atoms with Crippen LogP contribution in [-0.2, 0) is 11.4 Å². The molecule has 0 aliphatic carbocycles. The van der Waals surface area contributed by atoms with E-state index in [1.807, 2.05) is 62.4 Å². The lowest BCUT2D eigenvalue weighted by Crippen LogP contribution is -2.48. The van der Waals surface area contributed by atoms with Gasteiger partial charge in [0.15, 0.2) is 0 Å². The van der Waals surface area contributed by atoms with Crippen LogP contribution in [0.25, 0.3) is 0 Å². The van der Waals surface area contributed by atoms with Crippen molar-refractivity contribution in [1.29, 1.82) is 0 Å². The second-order valence-corrected chi connectivity index (χ2v) is 9.22. The molecule has 2 N–H and O–H groups in total. The highest BCUT2D eigenvalue weighted by Gasteiger charge is 2.25. The van der Waals surface area contributed by atoms with Gasteiger partial charge < -0.3 is 10.1 Å². The number of amides is 2. The van der Waals surface area contributed by atoms with Gasteiger partial charge in [0, 0.05) is 4.47 Å². The number of carbonyl (C=O) groups is 2. The first-order valence-corrected chi connectivity index (χ1v) is 11.9. The Balaban J connectivity index is 1.53. The van der Waals surface area contributed by atoms with Gasteiger partial charge in [-0.15, -0.1) is 0 Å². The van der Waals surface area contributed by atoms with Gasteiger partial charge in [0.2, 0.25) is 0 Å². The van der Waals surface area contributed by atoms with Gasteiger partial charge in [0.05, 0.1) is 16.8 Å². The van der Waals surface area contributed by atoms with Gasteiger partial charge in [-0.1, -0.05) is 65.6 Å². The minimum Gasteiger partial charge on any atom is -0.489 e. The van der Waals surface area contributed by atoms with Crippen molar-refractivity contribution in [3.05, 3.63) is 99.0 Å². The van der Waals surface area contributed by atoms with E-state index >= 15 is 0 Å². The van der Waals surface area contributed by atoms with E-state index in [9.17, 15) is 9.59 Å². The first-order valence-electron chi connectivity index (χ1n) is 10.7. The Morgan fingerprint density at radius 1 is 1.03 bits per heavy atom. The van der Waals surface area contributed by atoms with Gasteiger partial charge in [0.25, 0.3) is 11.8 Å². The maximum atomic E-state index is 12.6. The number of hydrogen-bond donors (Lipinski definition) is 2. The average molecular weight is 543 g/mol. The molecule has 34 heavy (non-hydrogen) atoms. The van der Waals surface area contributed by atoms with Crippen LogP contribution in [-0.4, -0.2) is 24.1 Å². The van der Waals surface area contributed by atoms with E-state index in [-0.39, 0.29) is 5.92 Å². The van der Waals surface area contributed by atoms with Crippen LogP contribution >= 0.6 is 27.5 Å². The highest BCUT2D eigenvalue weighted by atomic mass is 79.9. The molecule has 1 atom stereocenters. The molecule has 176 valence electrons. The molecule has 0 bridgehead atoms. The number of carbonyl (C=O) groups excluding carboxylic acids is 2. The molecule has 3 rings (SSSR count). The maximum Gasteiger partial charge on any atom is 0.262 e. The molecule has 6 nitrogen and oxygen atoms in total. The lowest BCUT2D eigenvalue weighted by molar-refractivity contribution is -0.123. The van der Waals surface area contributed by atoms with Crippen molar-refractivity contribution in [1.82, 2.24) is 10.7 Å². The third-order valence-corrected chi connectivity index (χ3v) is 5.80. The zero-order chi connectivity index (χ0) is 24.5. The van der Waals surface area contributed by atoms with E-state index in [4.69, 9.17) is 16.3 Å². The predicted octanol–water partition coefficient (Wildman–Crippen LogP) is 5.59. The summed E-state index contributed by atoms with van der Waals surface area (Å²) in [5.74, 6) is -0.252. The van der Waals surface area contributed by atoms with E-state index in [1.165, 1.54) is 6.21 Å². The Labute approximate surface area is 212 Å². The van der Waals surface area contributed by atoms with Crippen molar-refractivity contribution in [2.45, 2.75) is 26.5 Å². The van der Waals surface area contributed by atoms with E-state index in [2.05, 4.69) is 31.8 Å². The first kappa shape index (κ1) is 25.5. The van der Waals surface area contributed by atoms with E-state index in [1.54, 1.807) is 24.3 Å². The highest BCUT2D eigenvalue weighted by Crippen LogP contribution is 2.17. The van der Waals surface area contributed by atoms with E-state index in [0.29, 0.717) is 17.2 Å². The molecule has 1 unspecified atom stereocenters. The fraction of sp³-hybridized carbons (Fsp3) is 0.192. The maximum absolute atomic E-state index is 12.6. The highest BCUT2D eigenvalue weighted by molar-refractivity contribution is 9.10. The van der Waals surface area contributed by atoms with Crippen LogP contribution in [0.5, 0.6) is 5.75 Å². The van der Waals surface area contributed by atoms with Gasteiger partial charge in [0.1, 0.15) is 18.4 Å². The standard InChI is InChI=1S/C26H25BrClN3O3/c1-17(2)24(30-25(32)22-5-3-4-6-23(22)28)26(33)31-29-15-18-9-13-21(14-10-18)34-16-19-7-11-20(27)12-8-19/h3-15,17,24H,16H2,1-2H3,(H,30,32)(H,31,33). The topological polar surface area (TPSA) is 79.8 Å². The Bertz CT molecular complexity index is 1150. The molecule has 2 amide bonds. The molecule has 0 aliphatic rings. The Hall–Kier alpha value is -3.16. The molecule has 0 aliphatic heterocycles. The van der Waals surface area contributed by atoms with Crippen molar-refractivity contribution >= 4 is 45.6 Å². The molecule has 0 heterocycles. The molecule has 8 heteroatoms. The van der Waals surface area contributed by atoms with Gasteiger partial charge in [-0.2, -0.15) is 5.10 Å². The Morgan fingerprint density at radius 2 is 1.71 bits per heavy atom. The fourth-order valence-corrected chi connectivity index (χ4v) is 3.52. The van der Waals surface area contributed by atoms with E-state index < -0.39 is 17.9 Å². The summed E-state index contributed by atoms with van der Waals surface area (Å²) in [5, 5.41) is 7.08. The SMILES string of the molecule is CC(C)C(NC(=O)c1ccccc1Cl)C(=O)NN=Cc1ccc(OCc2ccc(Br)cc2)cc1. The Morgan fingerprint density at radius 3 is 2.35 bits per heavy atom. The van der Waals surface area contributed by atoms with Crippen LogP contribution in [0.2, 0.25) is 5.02 Å². The third kappa shape index (κ3) is 7.43. The first-order chi connectivity index (χ1) is 16.3. The number of benzene rings is 3. The monoisotopic (exact) mass is 541 g/mol. The van der Waals surface area contributed by atoms with Crippen molar-refractivity contribution in [3.8, 4) is 5.75 Å². The quantitative estimate of drug-likeness (QED) is 0.273. The molecule has 3 aromatic rings.